The van der Waals surface area contributed by atoms with Crippen LogP contribution >= 0.6 is 0 Å². The van der Waals surface area contributed by atoms with E-state index >= 15 is 0 Å². The maximum Gasteiger partial charge on any atom is 0.184 e. The largest absolute Gasteiger partial charge is 0.478 e. The van der Waals surface area contributed by atoms with Crippen molar-refractivity contribution >= 4 is 32.3 Å². The summed E-state index contributed by atoms with van der Waals surface area (Å²) in [6, 6.07) is 23.0. The molecule has 188 valence electrons. The van der Waals surface area contributed by atoms with Crippen molar-refractivity contribution in [1.29, 1.82) is 4.78 Å². The lowest BCUT2D eigenvalue weighted by Gasteiger charge is -2.14. The van der Waals surface area contributed by atoms with E-state index in [-0.39, 0.29) is 12.0 Å². The van der Waals surface area contributed by atoms with Gasteiger partial charge < -0.3 is 10.1 Å². The Labute approximate surface area is 215 Å². The SMILES string of the molecule is CC(C)NS(=N)(=O)COc1cccc(-c2nc(Nc3ccc(-c4cn[nH]c4)cc3)c3ccccc3n2)c1. The molecule has 0 radical (unpaired) electrons. The monoisotopic (exact) mass is 513 g/mol. The van der Waals surface area contributed by atoms with Gasteiger partial charge in [-0.3, -0.25) is 5.10 Å². The molecule has 0 saturated carbocycles. The Bertz CT molecular complexity index is 1620. The van der Waals surface area contributed by atoms with Gasteiger partial charge in [-0.2, -0.15) is 5.10 Å². The van der Waals surface area contributed by atoms with E-state index in [4.69, 9.17) is 19.5 Å². The summed E-state index contributed by atoms with van der Waals surface area (Å²) in [5, 5.41) is 11.2. The minimum atomic E-state index is -3.06. The first-order valence-corrected chi connectivity index (χ1v) is 13.5. The first-order chi connectivity index (χ1) is 17.9. The fourth-order valence-electron chi connectivity index (χ4n) is 3.88. The Morgan fingerprint density at radius 3 is 2.54 bits per heavy atom. The second-order valence-electron chi connectivity index (χ2n) is 8.84. The van der Waals surface area contributed by atoms with Crippen molar-refractivity contribution < 1.29 is 8.95 Å². The van der Waals surface area contributed by atoms with Crippen molar-refractivity contribution in [2.45, 2.75) is 19.9 Å². The first kappa shape index (κ1) is 24.4. The number of ether oxygens (including phenoxy) is 1. The van der Waals surface area contributed by atoms with Gasteiger partial charge in [0.05, 0.1) is 11.7 Å². The molecule has 0 saturated heterocycles. The van der Waals surface area contributed by atoms with Gasteiger partial charge in [0.15, 0.2) is 11.8 Å². The van der Waals surface area contributed by atoms with Gasteiger partial charge in [0, 0.05) is 34.4 Å². The average molecular weight is 514 g/mol. The summed E-state index contributed by atoms with van der Waals surface area (Å²) in [5.74, 6) is 1.44. The summed E-state index contributed by atoms with van der Waals surface area (Å²) in [5.41, 5.74) is 4.51. The summed E-state index contributed by atoms with van der Waals surface area (Å²) in [6.45, 7) is 3.68. The summed E-state index contributed by atoms with van der Waals surface area (Å²) in [6.07, 6.45) is 3.64. The molecule has 0 bridgehead atoms. The Morgan fingerprint density at radius 1 is 0.973 bits per heavy atom. The molecule has 2 aromatic heterocycles. The molecule has 0 aliphatic carbocycles. The Hall–Kier alpha value is -4.28. The van der Waals surface area contributed by atoms with Crippen LogP contribution in [0.1, 0.15) is 13.8 Å². The van der Waals surface area contributed by atoms with Crippen molar-refractivity contribution in [3.63, 3.8) is 0 Å². The number of aromatic amines is 1. The van der Waals surface area contributed by atoms with Crippen LogP contribution in [0.25, 0.3) is 33.4 Å². The highest BCUT2D eigenvalue weighted by Gasteiger charge is 2.13. The normalized spacial score (nSPS) is 12.9. The number of anilines is 2. The van der Waals surface area contributed by atoms with Crippen molar-refractivity contribution in [2.24, 2.45) is 0 Å². The molecule has 0 aliphatic rings. The topological polar surface area (TPSA) is 129 Å². The molecule has 5 aromatic rings. The van der Waals surface area contributed by atoms with Crippen LogP contribution in [0.3, 0.4) is 0 Å². The van der Waals surface area contributed by atoms with E-state index in [0.29, 0.717) is 17.4 Å². The zero-order chi connectivity index (χ0) is 25.8. The van der Waals surface area contributed by atoms with E-state index in [9.17, 15) is 4.21 Å². The fourth-order valence-corrected chi connectivity index (χ4v) is 5.01. The molecule has 5 rings (SSSR count). The minimum absolute atomic E-state index is 0.0845. The number of fused-ring (bicyclic) bond motifs is 1. The van der Waals surface area contributed by atoms with Gasteiger partial charge in [0.2, 0.25) is 0 Å². The van der Waals surface area contributed by atoms with Gasteiger partial charge in [-0.15, -0.1) is 0 Å². The summed E-state index contributed by atoms with van der Waals surface area (Å²) in [7, 11) is -3.06. The molecule has 0 aliphatic heterocycles. The zero-order valence-corrected chi connectivity index (χ0v) is 21.3. The van der Waals surface area contributed by atoms with Crippen molar-refractivity contribution in [2.75, 3.05) is 11.3 Å². The number of hydrogen-bond acceptors (Lipinski definition) is 7. The van der Waals surface area contributed by atoms with E-state index in [1.165, 1.54) is 0 Å². The lowest BCUT2D eigenvalue weighted by Crippen LogP contribution is -2.33. The molecule has 0 fully saturated rings. The van der Waals surface area contributed by atoms with Crippen molar-refractivity contribution in [1.82, 2.24) is 24.9 Å². The number of nitrogens with one attached hydrogen (secondary N) is 4. The van der Waals surface area contributed by atoms with Crippen LogP contribution in [-0.2, 0) is 9.92 Å². The van der Waals surface area contributed by atoms with Gasteiger partial charge in [-0.25, -0.2) is 23.7 Å². The highest BCUT2D eigenvalue weighted by Crippen LogP contribution is 2.29. The third-order valence-corrected chi connectivity index (χ3v) is 6.79. The predicted octanol–water partition coefficient (Wildman–Crippen LogP) is 5.73. The number of H-pyrrole nitrogens is 1. The molecule has 4 N–H and O–H groups in total. The number of hydrogen-bond donors (Lipinski definition) is 4. The molecule has 37 heavy (non-hydrogen) atoms. The third-order valence-electron chi connectivity index (χ3n) is 5.49. The van der Waals surface area contributed by atoms with Gasteiger partial charge in [-0.05, 0) is 55.8 Å². The standard InChI is InChI=1S/C27H27N7O2S/c1-18(2)34-37(28,35)17-36-23-7-5-6-20(14-23)26-32-25-9-4-3-8-24(25)27(33-26)31-22-12-10-19(11-13-22)21-15-29-30-16-21/h3-16,18H,17H2,1-2H3,(H,29,30)(H2,28,34,35)(H,31,32,33). The second kappa shape index (κ2) is 10.4. The lowest BCUT2D eigenvalue weighted by molar-refractivity contribution is 0.381. The number of nitrogens with zero attached hydrogens (tertiary/aromatic N) is 3. The minimum Gasteiger partial charge on any atom is -0.478 e. The van der Waals surface area contributed by atoms with Crippen LogP contribution in [0.15, 0.2) is 85.2 Å². The summed E-state index contributed by atoms with van der Waals surface area (Å²) < 4.78 is 28.7. The zero-order valence-electron chi connectivity index (χ0n) is 20.4. The number of benzene rings is 3. The highest BCUT2D eigenvalue weighted by atomic mass is 32.2. The quantitative estimate of drug-likeness (QED) is 0.199. The van der Waals surface area contributed by atoms with Crippen LogP contribution in [-0.4, -0.2) is 36.4 Å². The Morgan fingerprint density at radius 2 is 1.78 bits per heavy atom. The maximum atomic E-state index is 12.4. The van der Waals surface area contributed by atoms with Crippen LogP contribution in [0.4, 0.5) is 11.5 Å². The molecule has 2 heterocycles. The first-order valence-electron chi connectivity index (χ1n) is 11.8. The lowest BCUT2D eigenvalue weighted by atomic mass is 10.1. The van der Waals surface area contributed by atoms with Crippen molar-refractivity contribution in [3.8, 4) is 28.3 Å². The van der Waals surface area contributed by atoms with Crippen molar-refractivity contribution in [3.05, 3.63) is 85.2 Å². The number of para-hydroxylation sites is 1. The smallest absolute Gasteiger partial charge is 0.184 e. The predicted molar refractivity (Wildman–Crippen MR) is 147 cm³/mol. The Kier molecular flexibility index (Phi) is 6.85. The van der Waals surface area contributed by atoms with Crippen LogP contribution < -0.4 is 14.8 Å². The molecular weight excluding hydrogens is 486 g/mol. The molecule has 3 aromatic carbocycles. The van der Waals surface area contributed by atoms with Gasteiger partial charge in [0.25, 0.3) is 0 Å². The van der Waals surface area contributed by atoms with E-state index in [1.54, 1.807) is 18.3 Å². The summed E-state index contributed by atoms with van der Waals surface area (Å²) in [4.78, 5) is 9.59. The second-order valence-corrected chi connectivity index (χ2v) is 10.7. The van der Waals surface area contributed by atoms with Crippen LogP contribution in [0.2, 0.25) is 0 Å². The van der Waals surface area contributed by atoms with E-state index < -0.39 is 9.92 Å². The van der Waals surface area contributed by atoms with Crippen LogP contribution in [0, 0.1) is 4.78 Å². The molecule has 1 unspecified atom stereocenters. The maximum absolute atomic E-state index is 12.4. The van der Waals surface area contributed by atoms with Gasteiger partial charge in [0.1, 0.15) is 21.5 Å². The molecule has 1 atom stereocenters. The van der Waals surface area contributed by atoms with Gasteiger partial charge >= 0.3 is 0 Å². The Balaban J connectivity index is 1.43. The average Bonchev–Trinajstić information content (AvgIpc) is 3.43. The molecule has 10 heteroatoms. The molecule has 0 amide bonds. The molecule has 0 spiro atoms. The van der Waals surface area contributed by atoms with Gasteiger partial charge in [-0.1, -0.05) is 36.4 Å². The van der Waals surface area contributed by atoms with Crippen LogP contribution in [0.5, 0.6) is 5.75 Å². The van der Waals surface area contributed by atoms with E-state index in [1.807, 2.05) is 80.7 Å². The number of aromatic nitrogens is 4. The highest BCUT2D eigenvalue weighted by molar-refractivity contribution is 7.90. The summed E-state index contributed by atoms with van der Waals surface area (Å²) >= 11 is 0. The third kappa shape index (κ3) is 5.93. The fraction of sp³-hybridized carbons (Fsp3) is 0.148. The molecule has 9 nitrogen and oxygen atoms in total. The molecular formula is C27H27N7O2S. The number of rotatable bonds is 9. The van der Waals surface area contributed by atoms with E-state index in [2.05, 4.69) is 20.2 Å². The van der Waals surface area contributed by atoms with E-state index in [0.717, 1.165) is 33.3 Å².